The molecule has 0 bridgehead atoms. The van der Waals surface area contributed by atoms with E-state index in [1.165, 1.54) is 82.6 Å². The van der Waals surface area contributed by atoms with Gasteiger partial charge in [0.2, 0.25) is 0 Å². The Bertz CT molecular complexity index is 3670. The lowest BCUT2D eigenvalue weighted by Gasteiger charge is -2.16. The molecule has 0 spiro atoms. The summed E-state index contributed by atoms with van der Waals surface area (Å²) in [6.07, 6.45) is 2.03. The molecule has 13 rings (SSSR count). The van der Waals surface area contributed by atoms with Gasteiger partial charge in [-0.05, 0) is 112 Å². The molecule has 1 aliphatic rings. The number of fused-ring (bicyclic) bond motifs is 13. The van der Waals surface area contributed by atoms with E-state index < -0.39 is 0 Å². The molecule has 282 valence electrons. The number of aromatic nitrogens is 2. The van der Waals surface area contributed by atoms with Crippen LogP contribution in [0.15, 0.2) is 205 Å². The highest BCUT2D eigenvalue weighted by atomic mass is 16.3. The van der Waals surface area contributed by atoms with Crippen LogP contribution in [-0.4, -0.2) is 9.13 Å². The summed E-state index contributed by atoms with van der Waals surface area (Å²) < 4.78 is 11.1. The third kappa shape index (κ3) is 4.90. The van der Waals surface area contributed by atoms with E-state index in [4.69, 9.17) is 4.42 Å². The largest absolute Gasteiger partial charge is 0.456 e. The minimum atomic E-state index is 0.282. The molecule has 12 aromatic rings. The third-order valence-electron chi connectivity index (χ3n) is 13.1. The average molecular weight is 767 g/mol. The van der Waals surface area contributed by atoms with Gasteiger partial charge in [-0.2, -0.15) is 0 Å². The first kappa shape index (κ1) is 33.4. The predicted octanol–water partition coefficient (Wildman–Crippen LogP) is 15.2. The summed E-state index contributed by atoms with van der Waals surface area (Å²) in [6, 6.07) is 73.5. The fourth-order valence-corrected chi connectivity index (χ4v) is 10.5. The molecule has 0 saturated heterocycles. The molecule has 3 heteroatoms. The Morgan fingerprint density at radius 3 is 1.92 bits per heavy atom. The van der Waals surface area contributed by atoms with Crippen molar-refractivity contribution in [3.05, 3.63) is 217 Å². The standard InChI is InChI=1S/C57H38N2O/c1-2-14-37(15-3-1)38-16-12-13-36(33-38)25-28-45-41-17-4-5-18-42(41)46-29-31-53-57(56(45)46)47-21-7-10-23-51(47)59(53)39-26-30-52-48(34-39)43-19-6-9-22-50(43)58(52)40-27-32-55-49(35-40)44-20-8-11-24-54(44)60-55/h1-24,26-27,29-35,45H,25,28H2/t45-/m0/s1. The van der Waals surface area contributed by atoms with Crippen LogP contribution in [0.5, 0.6) is 0 Å². The second kappa shape index (κ2) is 12.9. The van der Waals surface area contributed by atoms with Gasteiger partial charge in [0.15, 0.2) is 0 Å². The summed E-state index contributed by atoms with van der Waals surface area (Å²) in [7, 11) is 0. The zero-order valence-electron chi connectivity index (χ0n) is 32.8. The second-order valence-electron chi connectivity index (χ2n) is 16.4. The number of furan rings is 1. The fourth-order valence-electron chi connectivity index (χ4n) is 10.5. The molecule has 0 unspecified atom stereocenters. The highest BCUT2D eigenvalue weighted by Crippen LogP contribution is 2.52. The van der Waals surface area contributed by atoms with Gasteiger partial charge in [-0.3, -0.25) is 0 Å². The zero-order chi connectivity index (χ0) is 39.3. The fraction of sp³-hybridized carbons (Fsp3) is 0.0526. The Labute approximate surface area is 347 Å². The van der Waals surface area contributed by atoms with Gasteiger partial charge in [-0.25, -0.2) is 0 Å². The molecule has 3 nitrogen and oxygen atoms in total. The summed E-state index contributed by atoms with van der Waals surface area (Å²) in [5, 5.41) is 7.40. The van der Waals surface area contributed by atoms with Crippen LogP contribution in [0.3, 0.4) is 0 Å². The zero-order valence-corrected chi connectivity index (χ0v) is 32.8. The molecule has 0 amide bonds. The van der Waals surface area contributed by atoms with E-state index in [-0.39, 0.29) is 5.92 Å². The molecular weight excluding hydrogens is 729 g/mol. The lowest BCUT2D eigenvalue weighted by atomic mass is 9.87. The molecule has 1 aliphatic carbocycles. The van der Waals surface area contributed by atoms with Crippen molar-refractivity contribution in [1.82, 2.24) is 9.13 Å². The van der Waals surface area contributed by atoms with Crippen molar-refractivity contribution in [1.29, 1.82) is 0 Å². The van der Waals surface area contributed by atoms with E-state index in [1.807, 2.05) is 12.1 Å². The van der Waals surface area contributed by atoms with Gasteiger partial charge < -0.3 is 13.6 Å². The van der Waals surface area contributed by atoms with Crippen molar-refractivity contribution < 1.29 is 4.42 Å². The quantitative estimate of drug-likeness (QED) is 0.165. The summed E-state index contributed by atoms with van der Waals surface area (Å²) in [5.41, 5.74) is 18.5. The molecule has 0 fully saturated rings. The summed E-state index contributed by atoms with van der Waals surface area (Å²) in [4.78, 5) is 0. The Hall–Kier alpha value is -7.62. The van der Waals surface area contributed by atoms with E-state index in [1.54, 1.807) is 0 Å². The molecule has 0 saturated carbocycles. The maximum absolute atomic E-state index is 6.22. The van der Waals surface area contributed by atoms with Gasteiger partial charge in [0.05, 0.1) is 22.1 Å². The van der Waals surface area contributed by atoms with Crippen LogP contribution in [0.1, 0.15) is 29.0 Å². The van der Waals surface area contributed by atoms with E-state index in [0.29, 0.717) is 0 Å². The molecule has 9 aromatic carbocycles. The maximum atomic E-state index is 6.22. The first-order valence-corrected chi connectivity index (χ1v) is 21.0. The summed E-state index contributed by atoms with van der Waals surface area (Å²) in [5.74, 6) is 0.282. The molecule has 0 radical (unpaired) electrons. The first-order valence-electron chi connectivity index (χ1n) is 21.0. The molecule has 60 heavy (non-hydrogen) atoms. The molecule has 0 aliphatic heterocycles. The monoisotopic (exact) mass is 766 g/mol. The van der Waals surface area contributed by atoms with E-state index in [0.717, 1.165) is 46.2 Å². The number of hydrogen-bond donors (Lipinski definition) is 0. The van der Waals surface area contributed by atoms with Crippen molar-refractivity contribution in [2.75, 3.05) is 0 Å². The second-order valence-corrected chi connectivity index (χ2v) is 16.4. The van der Waals surface area contributed by atoms with Gasteiger partial charge in [-0.15, -0.1) is 0 Å². The van der Waals surface area contributed by atoms with Crippen molar-refractivity contribution in [2.24, 2.45) is 0 Å². The number of aryl methyl sites for hydroxylation is 1. The van der Waals surface area contributed by atoms with Gasteiger partial charge in [-0.1, -0.05) is 140 Å². The SMILES string of the molecule is c1ccc(-c2cccc(CC[C@H]3c4ccccc4-c4ccc5c(c43)c3ccccc3n5-c3ccc4c(c3)c3ccccc3n4-c3ccc4oc5ccccc5c4c3)c2)cc1. The van der Waals surface area contributed by atoms with Crippen LogP contribution in [-0.2, 0) is 6.42 Å². The smallest absolute Gasteiger partial charge is 0.135 e. The number of para-hydroxylation sites is 3. The summed E-state index contributed by atoms with van der Waals surface area (Å²) >= 11 is 0. The lowest BCUT2D eigenvalue weighted by Crippen LogP contribution is -2.01. The van der Waals surface area contributed by atoms with Crippen LogP contribution >= 0.6 is 0 Å². The Balaban J connectivity index is 0.973. The van der Waals surface area contributed by atoms with Gasteiger partial charge in [0, 0.05) is 49.6 Å². The molecule has 0 N–H and O–H groups in total. The van der Waals surface area contributed by atoms with Crippen molar-refractivity contribution in [3.8, 4) is 33.6 Å². The molecule has 1 atom stereocenters. The average Bonchev–Trinajstić information content (AvgIpc) is 4.04. The van der Waals surface area contributed by atoms with Crippen LogP contribution in [0.25, 0.3) is 99.2 Å². The Kier molecular flexibility index (Phi) is 7.20. The van der Waals surface area contributed by atoms with Crippen LogP contribution in [0.2, 0.25) is 0 Å². The molecular formula is C57H38N2O. The normalized spacial score (nSPS) is 13.6. The number of benzene rings is 9. The Morgan fingerprint density at radius 2 is 1.03 bits per heavy atom. The highest BCUT2D eigenvalue weighted by Gasteiger charge is 2.32. The predicted molar refractivity (Wildman–Crippen MR) is 250 cm³/mol. The number of hydrogen-bond acceptors (Lipinski definition) is 1. The van der Waals surface area contributed by atoms with Crippen LogP contribution in [0.4, 0.5) is 0 Å². The summed E-state index contributed by atoms with van der Waals surface area (Å²) in [6.45, 7) is 0. The number of nitrogens with zero attached hydrogens (tertiary/aromatic N) is 2. The topological polar surface area (TPSA) is 23.0 Å². The molecule has 3 aromatic heterocycles. The van der Waals surface area contributed by atoms with E-state index >= 15 is 0 Å². The van der Waals surface area contributed by atoms with Crippen LogP contribution < -0.4 is 0 Å². The molecule has 3 heterocycles. The Morgan fingerprint density at radius 1 is 0.400 bits per heavy atom. The van der Waals surface area contributed by atoms with Crippen molar-refractivity contribution in [3.63, 3.8) is 0 Å². The minimum absolute atomic E-state index is 0.282. The van der Waals surface area contributed by atoms with Gasteiger partial charge >= 0.3 is 0 Å². The van der Waals surface area contributed by atoms with Crippen molar-refractivity contribution in [2.45, 2.75) is 18.8 Å². The third-order valence-corrected chi connectivity index (χ3v) is 13.1. The first-order chi connectivity index (χ1) is 29.8. The van der Waals surface area contributed by atoms with Crippen LogP contribution in [0, 0.1) is 0 Å². The maximum Gasteiger partial charge on any atom is 0.135 e. The van der Waals surface area contributed by atoms with Gasteiger partial charge in [0.25, 0.3) is 0 Å². The number of rotatable bonds is 6. The van der Waals surface area contributed by atoms with Crippen molar-refractivity contribution >= 4 is 65.6 Å². The van der Waals surface area contributed by atoms with Gasteiger partial charge in [0.1, 0.15) is 11.2 Å². The van der Waals surface area contributed by atoms with E-state index in [2.05, 4.69) is 197 Å². The highest BCUT2D eigenvalue weighted by molar-refractivity contribution is 6.15. The minimum Gasteiger partial charge on any atom is -0.456 e. The lowest BCUT2D eigenvalue weighted by molar-refractivity contribution is 0.669. The van der Waals surface area contributed by atoms with E-state index in [9.17, 15) is 0 Å².